The summed E-state index contributed by atoms with van der Waals surface area (Å²) < 4.78 is 2.99. The van der Waals surface area contributed by atoms with Gasteiger partial charge in [0, 0.05) is 26.9 Å². The third kappa shape index (κ3) is 2.77. The van der Waals surface area contributed by atoms with Gasteiger partial charge in [0.15, 0.2) is 5.78 Å². The number of benzene rings is 1. The fourth-order valence-corrected chi connectivity index (χ4v) is 3.18. The molecular weight excluding hydrogens is 310 g/mol. The van der Waals surface area contributed by atoms with Gasteiger partial charge in [-0.05, 0) is 24.1 Å². The molecule has 126 valence electrons. The van der Waals surface area contributed by atoms with Crippen LogP contribution in [-0.2, 0) is 28.0 Å². The van der Waals surface area contributed by atoms with Crippen molar-refractivity contribution in [1.82, 2.24) is 14.5 Å². The van der Waals surface area contributed by atoms with E-state index in [2.05, 4.69) is 5.32 Å². The van der Waals surface area contributed by atoms with Crippen LogP contribution in [0.4, 0.5) is 0 Å². The van der Waals surface area contributed by atoms with Crippen LogP contribution in [-0.4, -0.2) is 26.6 Å². The number of Topliss-reactive ketones (excluding diaryl/α,β-unsaturated/α-hetero) is 2. The molecule has 1 fully saturated rings. The average molecular weight is 329 g/mol. The molecule has 1 heterocycles. The Balaban J connectivity index is 2.05. The number of hydrogen-bond donors (Lipinski definition) is 1. The summed E-state index contributed by atoms with van der Waals surface area (Å²) in [6, 6.07) is 4.87. The number of aryl methyl sites for hydroxylation is 1. The van der Waals surface area contributed by atoms with Gasteiger partial charge < -0.3 is 5.32 Å². The van der Waals surface area contributed by atoms with Crippen LogP contribution in [0.2, 0.25) is 0 Å². The van der Waals surface area contributed by atoms with E-state index in [1.165, 1.54) is 16.1 Å². The predicted octanol–water partition coefficient (Wildman–Crippen LogP) is 0.839. The van der Waals surface area contributed by atoms with E-state index in [0.717, 1.165) is 5.56 Å². The summed E-state index contributed by atoms with van der Waals surface area (Å²) >= 11 is 0. The molecule has 0 bridgehead atoms. The number of amides is 1. The van der Waals surface area contributed by atoms with Crippen LogP contribution in [0.5, 0.6) is 0 Å². The van der Waals surface area contributed by atoms with Gasteiger partial charge >= 0.3 is 5.69 Å². The van der Waals surface area contributed by atoms with E-state index in [-0.39, 0.29) is 29.6 Å². The van der Waals surface area contributed by atoms with Crippen molar-refractivity contribution in [2.75, 3.05) is 0 Å². The van der Waals surface area contributed by atoms with Crippen LogP contribution >= 0.6 is 0 Å². The van der Waals surface area contributed by atoms with Gasteiger partial charge in [-0.1, -0.05) is 6.07 Å². The predicted molar refractivity (Wildman–Crippen MR) is 87.6 cm³/mol. The second-order valence-corrected chi connectivity index (χ2v) is 6.18. The molecule has 1 aromatic carbocycles. The fourth-order valence-electron chi connectivity index (χ4n) is 3.18. The number of fused-ring (bicyclic) bond motifs is 1. The maximum atomic E-state index is 12.6. The van der Waals surface area contributed by atoms with E-state index >= 15 is 0 Å². The van der Waals surface area contributed by atoms with Gasteiger partial charge in [-0.3, -0.25) is 23.5 Å². The zero-order chi connectivity index (χ0) is 17.4. The Kier molecular flexibility index (Phi) is 4.09. The number of ketones is 2. The molecule has 1 aliphatic carbocycles. The van der Waals surface area contributed by atoms with Crippen LogP contribution < -0.4 is 11.0 Å². The molecule has 24 heavy (non-hydrogen) atoms. The Labute approximate surface area is 138 Å². The second kappa shape index (κ2) is 6.07. The Hall–Kier alpha value is -2.70. The van der Waals surface area contributed by atoms with Crippen molar-refractivity contribution >= 4 is 28.5 Å². The van der Waals surface area contributed by atoms with Gasteiger partial charge in [-0.25, -0.2) is 4.79 Å². The molecule has 7 nitrogen and oxygen atoms in total. The molecule has 1 aromatic heterocycles. The molecule has 0 spiro atoms. The van der Waals surface area contributed by atoms with Crippen molar-refractivity contribution in [2.24, 2.45) is 7.05 Å². The molecular formula is C17H19N3O4. The van der Waals surface area contributed by atoms with E-state index in [4.69, 9.17) is 0 Å². The normalized spacial score (nSPS) is 18.2. The van der Waals surface area contributed by atoms with E-state index < -0.39 is 6.04 Å². The largest absolute Gasteiger partial charge is 0.352 e. The number of nitrogens with one attached hydrogen (secondary N) is 1. The number of imidazole rings is 1. The molecule has 7 heteroatoms. The quantitative estimate of drug-likeness (QED) is 0.845. The maximum Gasteiger partial charge on any atom is 0.329 e. The lowest BCUT2D eigenvalue weighted by molar-refractivity contribution is -0.132. The summed E-state index contributed by atoms with van der Waals surface area (Å²) in [7, 11) is 1.65. The first kappa shape index (κ1) is 16.2. The minimum atomic E-state index is -0.583. The van der Waals surface area contributed by atoms with E-state index in [1.54, 1.807) is 13.1 Å². The van der Waals surface area contributed by atoms with Gasteiger partial charge in [-0.2, -0.15) is 0 Å². The van der Waals surface area contributed by atoms with Gasteiger partial charge in [0.05, 0.1) is 23.5 Å². The monoisotopic (exact) mass is 329 g/mol. The van der Waals surface area contributed by atoms with Crippen molar-refractivity contribution in [3.05, 3.63) is 34.2 Å². The molecule has 1 unspecified atom stereocenters. The Morgan fingerprint density at radius 2 is 2.00 bits per heavy atom. The Bertz CT molecular complexity index is 906. The number of rotatable bonds is 3. The highest BCUT2D eigenvalue weighted by Gasteiger charge is 2.31. The number of hydrogen-bond acceptors (Lipinski definition) is 4. The Morgan fingerprint density at radius 3 is 2.67 bits per heavy atom. The number of nitrogens with zero attached hydrogens (tertiary/aromatic N) is 2. The number of aromatic nitrogens is 2. The third-order valence-electron chi connectivity index (χ3n) is 4.45. The van der Waals surface area contributed by atoms with Gasteiger partial charge in [0.2, 0.25) is 5.91 Å². The molecule has 2 aromatic rings. The first-order valence-electron chi connectivity index (χ1n) is 7.87. The fraction of sp³-hybridized carbons (Fsp3) is 0.412. The lowest BCUT2D eigenvalue weighted by Crippen LogP contribution is -2.34. The van der Waals surface area contributed by atoms with Crippen LogP contribution in [0.15, 0.2) is 23.0 Å². The molecule has 0 radical (unpaired) electrons. The minimum absolute atomic E-state index is 0.0675. The molecule has 1 atom stereocenters. The average Bonchev–Trinajstić information content (AvgIpc) is 2.77. The molecule has 1 N–H and O–H groups in total. The van der Waals surface area contributed by atoms with Crippen LogP contribution in [0.25, 0.3) is 11.0 Å². The van der Waals surface area contributed by atoms with Crippen molar-refractivity contribution in [2.45, 2.75) is 38.8 Å². The minimum Gasteiger partial charge on any atom is -0.352 e. The highest BCUT2D eigenvalue weighted by molar-refractivity contribution is 6.03. The van der Waals surface area contributed by atoms with Gasteiger partial charge in [-0.15, -0.1) is 0 Å². The van der Waals surface area contributed by atoms with Crippen LogP contribution in [0.3, 0.4) is 0 Å². The first-order valence-corrected chi connectivity index (χ1v) is 7.87. The summed E-state index contributed by atoms with van der Waals surface area (Å²) in [6.07, 6.45) is 0.582. The van der Waals surface area contributed by atoms with Crippen molar-refractivity contribution in [1.29, 1.82) is 0 Å². The van der Waals surface area contributed by atoms with Gasteiger partial charge in [0.1, 0.15) is 5.78 Å². The number of carbonyl (C=O) groups excluding carboxylic acids is 3. The van der Waals surface area contributed by atoms with Crippen molar-refractivity contribution < 1.29 is 14.4 Å². The molecule has 1 amide bonds. The summed E-state index contributed by atoms with van der Waals surface area (Å²) in [6.45, 7) is 1.82. The first-order chi connectivity index (χ1) is 11.4. The van der Waals surface area contributed by atoms with E-state index in [9.17, 15) is 19.2 Å². The van der Waals surface area contributed by atoms with Crippen molar-refractivity contribution in [3.63, 3.8) is 0 Å². The van der Waals surface area contributed by atoms with Crippen molar-refractivity contribution in [3.8, 4) is 0 Å². The SMILES string of the molecule is CC(=O)NCc1ccc2c(c1)n(C)c(=O)n2C1CCC(=O)CC1=O. The van der Waals surface area contributed by atoms with Crippen LogP contribution in [0.1, 0.15) is 37.8 Å². The lowest BCUT2D eigenvalue weighted by Gasteiger charge is -2.21. The second-order valence-electron chi connectivity index (χ2n) is 6.18. The lowest BCUT2D eigenvalue weighted by atomic mass is 9.93. The zero-order valence-electron chi connectivity index (χ0n) is 13.7. The molecule has 1 saturated carbocycles. The number of carbonyl (C=O) groups is 3. The zero-order valence-corrected chi connectivity index (χ0v) is 13.7. The molecule has 0 aliphatic heterocycles. The third-order valence-corrected chi connectivity index (χ3v) is 4.45. The van der Waals surface area contributed by atoms with E-state index in [1.807, 2.05) is 12.1 Å². The highest BCUT2D eigenvalue weighted by Crippen LogP contribution is 2.26. The molecule has 1 aliphatic rings. The summed E-state index contributed by atoms with van der Waals surface area (Å²) in [4.78, 5) is 47.3. The van der Waals surface area contributed by atoms with Gasteiger partial charge in [0.25, 0.3) is 0 Å². The highest BCUT2D eigenvalue weighted by atomic mass is 16.2. The van der Waals surface area contributed by atoms with Crippen LogP contribution in [0, 0.1) is 0 Å². The summed E-state index contributed by atoms with van der Waals surface area (Å²) in [5.41, 5.74) is 1.97. The smallest absolute Gasteiger partial charge is 0.329 e. The summed E-state index contributed by atoms with van der Waals surface area (Å²) in [5, 5.41) is 2.72. The molecule has 0 saturated heterocycles. The molecule has 3 rings (SSSR count). The standard InChI is InChI=1S/C17H19N3O4/c1-10(21)18-9-11-3-5-13-15(7-11)19(2)17(24)20(13)14-6-4-12(22)8-16(14)23/h3,5,7,14H,4,6,8-9H2,1-2H3,(H,18,21). The topological polar surface area (TPSA) is 90.2 Å². The van der Waals surface area contributed by atoms with E-state index in [0.29, 0.717) is 30.4 Å². The maximum absolute atomic E-state index is 12.6. The Morgan fingerprint density at radius 1 is 1.25 bits per heavy atom. The summed E-state index contributed by atoms with van der Waals surface area (Å²) in [5.74, 6) is -0.399.